The molecule has 2 aromatic rings. The molecule has 12 heteroatoms. The molecule has 0 fully saturated rings. The Balaban J connectivity index is 2.28. The number of anilines is 2. The van der Waals surface area contributed by atoms with Gasteiger partial charge in [-0.3, -0.25) is 4.79 Å². The highest BCUT2D eigenvalue weighted by Crippen LogP contribution is 2.31. The third kappa shape index (κ3) is 6.00. The molecule has 2 N–H and O–H groups in total. The average Bonchev–Trinajstić information content (AvgIpc) is 2.67. The third-order valence-corrected chi connectivity index (χ3v) is 5.98. The molecule has 30 heavy (non-hydrogen) atoms. The topological polar surface area (TPSA) is 109 Å². The van der Waals surface area contributed by atoms with Crippen molar-refractivity contribution < 1.29 is 31.8 Å². The van der Waals surface area contributed by atoms with Gasteiger partial charge in [0.15, 0.2) is 0 Å². The Morgan fingerprint density at radius 1 is 1.30 bits per heavy atom. The molecule has 2 rings (SSSR count). The molecule has 1 aromatic heterocycles. The maximum absolute atomic E-state index is 14.7. The molecule has 0 aliphatic heterocycles. The van der Waals surface area contributed by atoms with Crippen LogP contribution in [0.1, 0.15) is 19.3 Å². The van der Waals surface area contributed by atoms with Crippen molar-refractivity contribution >= 4 is 39.1 Å². The van der Waals surface area contributed by atoms with E-state index in [4.69, 9.17) is 21.4 Å². The van der Waals surface area contributed by atoms with Crippen LogP contribution in [0, 0.1) is 11.8 Å². The Labute approximate surface area is 177 Å². The number of hydrogen-bond acceptors (Lipinski definition) is 6. The minimum absolute atomic E-state index is 0.00437. The quantitative estimate of drug-likeness (QED) is 0.298. The highest BCUT2D eigenvalue weighted by Gasteiger charge is 2.30. The molecule has 1 aromatic carbocycles. The van der Waals surface area contributed by atoms with Crippen molar-refractivity contribution in [1.29, 1.82) is 0 Å². The number of aromatic nitrogens is 1. The number of nitrogens with one attached hydrogen (secondary N) is 1. The second-order valence-corrected chi connectivity index (χ2v) is 8.37. The van der Waals surface area contributed by atoms with Crippen LogP contribution in [0.2, 0.25) is 5.02 Å². The number of unbranched alkanes of at least 4 members (excludes halogenated alkanes) is 1. The van der Waals surface area contributed by atoms with E-state index in [2.05, 4.69) is 10.3 Å². The van der Waals surface area contributed by atoms with Crippen LogP contribution in [0.15, 0.2) is 35.2 Å². The normalized spacial score (nSPS) is 11.3. The molecule has 0 aliphatic carbocycles. The summed E-state index contributed by atoms with van der Waals surface area (Å²) in [4.78, 5) is 13.3. The molecule has 0 atom stereocenters. The Bertz CT molecular complexity index is 1010. The highest BCUT2D eigenvalue weighted by atomic mass is 35.5. The summed E-state index contributed by atoms with van der Waals surface area (Å²) in [6, 6.07) is 5.41. The Morgan fingerprint density at radius 3 is 2.67 bits per heavy atom. The smallest absolute Gasteiger partial charge is 0.303 e. The Kier molecular flexibility index (Phi) is 8.33. The van der Waals surface area contributed by atoms with E-state index in [1.807, 2.05) is 0 Å². The molecular weight excluding hydrogens is 444 g/mol. The highest BCUT2D eigenvalue weighted by molar-refractivity contribution is 7.92. The van der Waals surface area contributed by atoms with E-state index in [0.717, 1.165) is 18.2 Å². The van der Waals surface area contributed by atoms with Gasteiger partial charge in [0, 0.05) is 20.1 Å². The number of rotatable bonds is 11. The molecule has 1 heterocycles. The van der Waals surface area contributed by atoms with Crippen molar-refractivity contribution in [2.24, 2.45) is 0 Å². The Morgan fingerprint density at radius 2 is 2.03 bits per heavy atom. The fourth-order valence-corrected chi connectivity index (χ4v) is 4.21. The van der Waals surface area contributed by atoms with Gasteiger partial charge in [-0.15, -0.1) is 0 Å². The Hall–Kier alpha value is -2.50. The fraction of sp³-hybridized carbons (Fsp3) is 0.333. The molecule has 8 nitrogen and oxygen atoms in total. The minimum Gasteiger partial charge on any atom is -0.481 e. The molecule has 0 saturated heterocycles. The number of ether oxygens (including phenoxy) is 1. The van der Waals surface area contributed by atoms with Crippen LogP contribution < -0.4 is 9.62 Å². The van der Waals surface area contributed by atoms with Crippen molar-refractivity contribution in [2.45, 2.75) is 24.2 Å². The molecule has 0 unspecified atom stereocenters. The number of carboxylic acid groups (broad SMARTS) is 1. The van der Waals surface area contributed by atoms with E-state index in [9.17, 15) is 22.0 Å². The van der Waals surface area contributed by atoms with Gasteiger partial charge in [-0.25, -0.2) is 22.1 Å². The second kappa shape index (κ2) is 10.5. The molecule has 0 amide bonds. The van der Waals surface area contributed by atoms with Crippen molar-refractivity contribution in [3.8, 4) is 0 Å². The van der Waals surface area contributed by atoms with Gasteiger partial charge in [-0.05, 0) is 37.1 Å². The molecule has 0 spiro atoms. The lowest BCUT2D eigenvalue weighted by Crippen LogP contribution is -2.34. The van der Waals surface area contributed by atoms with E-state index in [-0.39, 0.29) is 22.9 Å². The van der Waals surface area contributed by atoms with Crippen molar-refractivity contribution in [1.82, 2.24) is 4.98 Å². The average molecular weight is 464 g/mol. The lowest BCUT2D eigenvalue weighted by atomic mass is 10.2. The zero-order valence-electron chi connectivity index (χ0n) is 15.9. The first-order chi connectivity index (χ1) is 14.2. The van der Waals surface area contributed by atoms with Gasteiger partial charge in [0.25, 0.3) is 10.0 Å². The summed E-state index contributed by atoms with van der Waals surface area (Å²) in [5, 5.41) is 11.4. The summed E-state index contributed by atoms with van der Waals surface area (Å²) in [6.45, 7) is -0.207. The fourth-order valence-electron chi connectivity index (χ4n) is 2.52. The number of methoxy groups -OCH3 is 1. The summed E-state index contributed by atoms with van der Waals surface area (Å²) in [7, 11) is -3.29. The number of pyridine rings is 1. The molecule has 164 valence electrons. The number of nitrogens with zero attached hydrogens (tertiary/aromatic N) is 2. The summed E-state index contributed by atoms with van der Waals surface area (Å²) >= 11 is 6.11. The van der Waals surface area contributed by atoms with Crippen LogP contribution >= 0.6 is 11.6 Å². The van der Waals surface area contributed by atoms with E-state index >= 15 is 0 Å². The lowest BCUT2D eigenvalue weighted by Gasteiger charge is -2.23. The number of hydrogen-bond donors (Lipinski definition) is 2. The zero-order valence-corrected chi connectivity index (χ0v) is 17.5. The van der Waals surface area contributed by atoms with Gasteiger partial charge in [-0.2, -0.15) is 4.39 Å². The molecular formula is C18H20ClF2N3O5S. The maximum Gasteiger partial charge on any atom is 0.303 e. The first-order valence-corrected chi connectivity index (χ1v) is 10.6. The molecule has 0 radical (unpaired) electrons. The van der Waals surface area contributed by atoms with Gasteiger partial charge in [0.1, 0.15) is 23.3 Å². The van der Waals surface area contributed by atoms with Crippen molar-refractivity contribution in [2.75, 3.05) is 30.0 Å². The number of aliphatic carboxylic acids is 1. The van der Waals surface area contributed by atoms with Crippen LogP contribution in [0.3, 0.4) is 0 Å². The van der Waals surface area contributed by atoms with Crippen LogP contribution in [-0.2, 0) is 19.6 Å². The van der Waals surface area contributed by atoms with Crippen molar-refractivity contribution in [3.63, 3.8) is 0 Å². The number of carboxylic acids is 1. The minimum atomic E-state index is -4.51. The number of halogens is 3. The third-order valence-electron chi connectivity index (χ3n) is 3.92. The summed E-state index contributed by atoms with van der Waals surface area (Å²) in [5.74, 6) is -3.19. The summed E-state index contributed by atoms with van der Waals surface area (Å²) < 4.78 is 59.6. The maximum atomic E-state index is 14.7. The molecule has 0 aliphatic rings. The summed E-state index contributed by atoms with van der Waals surface area (Å²) in [5.41, 5.74) is 0.158. The molecule has 0 bridgehead atoms. The predicted molar refractivity (Wildman–Crippen MR) is 107 cm³/mol. The van der Waals surface area contributed by atoms with Gasteiger partial charge in [-0.1, -0.05) is 17.7 Å². The standard InChI is InChI=1S/C18H20ClF2N3O5S/c1-29-11-24(17-6-4-5-16(21)23-17)30(27,28)15-9-12(19)14(10-13(15)20)22-8-3-2-7-18(25)26/h4-6,9-10,22H,2-3,7-8,11H2,1H3,(H,25,26). The number of sulfonamides is 1. The van der Waals surface area contributed by atoms with E-state index in [1.54, 1.807) is 0 Å². The number of carbonyl (C=O) groups is 1. The predicted octanol–water partition coefficient (Wildman–Crippen LogP) is 3.48. The first kappa shape index (κ1) is 23.8. The first-order valence-electron chi connectivity index (χ1n) is 8.75. The largest absolute Gasteiger partial charge is 0.481 e. The van der Waals surface area contributed by atoms with Crippen LogP contribution in [0.4, 0.5) is 20.3 Å². The van der Waals surface area contributed by atoms with E-state index in [0.29, 0.717) is 23.7 Å². The van der Waals surface area contributed by atoms with Gasteiger partial charge >= 0.3 is 5.97 Å². The zero-order chi connectivity index (χ0) is 22.3. The van der Waals surface area contributed by atoms with Gasteiger partial charge in [0.05, 0.1) is 10.7 Å². The lowest BCUT2D eigenvalue weighted by molar-refractivity contribution is -0.137. The van der Waals surface area contributed by atoms with Crippen LogP contribution in [0.25, 0.3) is 0 Å². The van der Waals surface area contributed by atoms with Gasteiger partial charge in [0.2, 0.25) is 5.95 Å². The van der Waals surface area contributed by atoms with E-state index in [1.165, 1.54) is 19.2 Å². The molecule has 0 saturated carbocycles. The van der Waals surface area contributed by atoms with Crippen LogP contribution in [0.5, 0.6) is 0 Å². The second-order valence-electron chi connectivity index (χ2n) is 6.13. The monoisotopic (exact) mass is 463 g/mol. The van der Waals surface area contributed by atoms with Crippen LogP contribution in [-0.4, -0.2) is 44.9 Å². The van der Waals surface area contributed by atoms with Crippen molar-refractivity contribution in [3.05, 3.63) is 47.1 Å². The van der Waals surface area contributed by atoms with E-state index < -0.39 is 39.4 Å². The summed E-state index contributed by atoms with van der Waals surface area (Å²) in [6.07, 6.45) is 0.920. The van der Waals surface area contributed by atoms with Gasteiger partial charge < -0.3 is 15.2 Å². The SMILES string of the molecule is COCN(c1cccc(F)n1)S(=O)(=O)c1cc(Cl)c(NCCCCC(=O)O)cc1F. The number of benzene rings is 1.